The van der Waals surface area contributed by atoms with Crippen LogP contribution in [0.5, 0.6) is 0 Å². The number of ketones is 1. The van der Waals surface area contributed by atoms with Crippen LogP contribution in [0, 0.1) is 18.6 Å². The van der Waals surface area contributed by atoms with Crippen LogP contribution in [-0.4, -0.2) is 24.5 Å². The van der Waals surface area contributed by atoms with Gasteiger partial charge in [0.05, 0.1) is 11.6 Å². The Labute approximate surface area is 212 Å². The molecular formula is C26H22F8N2O2. The van der Waals surface area contributed by atoms with Gasteiger partial charge in [0.25, 0.3) is 0 Å². The fourth-order valence-corrected chi connectivity index (χ4v) is 3.18. The van der Waals surface area contributed by atoms with Crippen molar-refractivity contribution in [2.45, 2.75) is 32.2 Å². The van der Waals surface area contributed by atoms with Gasteiger partial charge in [-0.1, -0.05) is 42.0 Å². The summed E-state index contributed by atoms with van der Waals surface area (Å²) in [7, 11) is 0. The monoisotopic (exact) mass is 546 g/mol. The fourth-order valence-electron chi connectivity index (χ4n) is 3.18. The van der Waals surface area contributed by atoms with Crippen LogP contribution in [0.3, 0.4) is 0 Å². The molecule has 3 aromatic carbocycles. The maximum absolute atomic E-state index is 14.0. The largest absolute Gasteiger partial charge is 0.419 e. The summed E-state index contributed by atoms with van der Waals surface area (Å²) in [6.45, 7) is 1.42. The fraction of sp³-hybridized carbons (Fsp3) is 0.231. The summed E-state index contributed by atoms with van der Waals surface area (Å²) in [6, 6.07) is 11.5. The van der Waals surface area contributed by atoms with Crippen LogP contribution in [-0.2, 0) is 6.18 Å². The van der Waals surface area contributed by atoms with Crippen molar-refractivity contribution < 1.29 is 44.7 Å². The van der Waals surface area contributed by atoms with Crippen LogP contribution in [0.25, 0.3) is 0 Å². The Hall–Kier alpha value is -3.96. The molecule has 204 valence electrons. The molecule has 38 heavy (non-hydrogen) atoms. The number of rotatable bonds is 5. The topological polar surface area (TPSA) is 58.2 Å². The number of nitrogens with one attached hydrogen (secondary N) is 2. The molecule has 0 aliphatic heterocycles. The van der Waals surface area contributed by atoms with Crippen LogP contribution in [0.15, 0.2) is 66.7 Å². The van der Waals surface area contributed by atoms with E-state index in [0.29, 0.717) is 12.1 Å². The molecule has 3 aromatic rings. The molecule has 2 amide bonds. The molecule has 12 heteroatoms. The number of hydrogen-bond acceptors (Lipinski definition) is 2. The zero-order valence-electron chi connectivity index (χ0n) is 20.0. The molecule has 0 fully saturated rings. The van der Waals surface area contributed by atoms with Gasteiger partial charge in [0, 0.05) is 5.56 Å². The van der Waals surface area contributed by atoms with Gasteiger partial charge in [0.15, 0.2) is 5.78 Å². The lowest BCUT2D eigenvalue weighted by Gasteiger charge is -2.22. The SMILES string of the molecule is CC(=O)c1cc(F)cc([C@H](NC(=O)NCC(F)(F)F)c2ccc(F)c(C(F)(F)F)c2)c1.Cc1ccccc1. The highest BCUT2D eigenvalue weighted by atomic mass is 19.4. The highest BCUT2D eigenvalue weighted by Crippen LogP contribution is 2.34. The molecule has 0 radical (unpaired) electrons. The predicted octanol–water partition coefficient (Wildman–Crippen LogP) is 7.13. The number of hydrogen-bond donors (Lipinski definition) is 2. The first-order chi connectivity index (χ1) is 17.6. The Kier molecular flexibility index (Phi) is 9.97. The first-order valence-corrected chi connectivity index (χ1v) is 10.9. The second-order valence-electron chi connectivity index (χ2n) is 8.10. The minimum absolute atomic E-state index is 0.198. The van der Waals surface area contributed by atoms with Crippen molar-refractivity contribution in [3.8, 4) is 0 Å². The van der Waals surface area contributed by atoms with Gasteiger partial charge in [-0.15, -0.1) is 0 Å². The lowest BCUT2D eigenvalue weighted by molar-refractivity contribution is -0.140. The zero-order valence-corrected chi connectivity index (χ0v) is 20.0. The van der Waals surface area contributed by atoms with E-state index in [4.69, 9.17) is 0 Å². The van der Waals surface area contributed by atoms with Crippen molar-refractivity contribution in [1.29, 1.82) is 0 Å². The van der Waals surface area contributed by atoms with Gasteiger partial charge >= 0.3 is 18.4 Å². The van der Waals surface area contributed by atoms with Gasteiger partial charge in [-0.05, 0) is 55.3 Å². The van der Waals surface area contributed by atoms with E-state index in [1.165, 1.54) is 10.9 Å². The van der Waals surface area contributed by atoms with E-state index >= 15 is 0 Å². The average molecular weight is 546 g/mol. The molecule has 0 unspecified atom stereocenters. The van der Waals surface area contributed by atoms with E-state index in [1.807, 2.05) is 23.5 Å². The van der Waals surface area contributed by atoms with Crippen LogP contribution in [0.2, 0.25) is 0 Å². The summed E-state index contributed by atoms with van der Waals surface area (Å²) in [5.41, 5.74) is -1.23. The minimum Gasteiger partial charge on any atom is -0.329 e. The van der Waals surface area contributed by atoms with Gasteiger partial charge in [-0.2, -0.15) is 26.3 Å². The van der Waals surface area contributed by atoms with Gasteiger partial charge < -0.3 is 10.6 Å². The minimum atomic E-state index is -5.12. The second-order valence-corrected chi connectivity index (χ2v) is 8.10. The number of benzene rings is 3. The molecule has 1 atom stereocenters. The number of Topliss-reactive ketones (excluding diaryl/α,β-unsaturated/α-hetero) is 1. The van der Waals surface area contributed by atoms with E-state index < -0.39 is 59.5 Å². The molecule has 0 heterocycles. The van der Waals surface area contributed by atoms with E-state index in [2.05, 4.69) is 19.1 Å². The zero-order chi connectivity index (χ0) is 28.7. The molecule has 0 aliphatic rings. The predicted molar refractivity (Wildman–Crippen MR) is 123 cm³/mol. The van der Waals surface area contributed by atoms with Gasteiger partial charge in [-0.3, -0.25) is 4.79 Å². The molecule has 0 saturated carbocycles. The molecule has 4 nitrogen and oxygen atoms in total. The number of carbonyl (C=O) groups is 2. The Morgan fingerprint density at radius 3 is 1.97 bits per heavy atom. The van der Waals surface area contributed by atoms with E-state index in [9.17, 15) is 44.7 Å². The number of amides is 2. The summed E-state index contributed by atoms with van der Waals surface area (Å²) < 4.78 is 104. The Balaban J connectivity index is 0.000000624. The van der Waals surface area contributed by atoms with E-state index in [0.717, 1.165) is 31.2 Å². The first kappa shape index (κ1) is 30.3. The Bertz CT molecular complexity index is 1260. The highest BCUT2D eigenvalue weighted by molar-refractivity contribution is 5.94. The smallest absolute Gasteiger partial charge is 0.329 e. The lowest BCUT2D eigenvalue weighted by Crippen LogP contribution is -2.42. The van der Waals surface area contributed by atoms with E-state index in [-0.39, 0.29) is 11.1 Å². The molecule has 0 aromatic heterocycles. The summed E-state index contributed by atoms with van der Waals surface area (Å²) in [5, 5.41) is 3.46. The highest BCUT2D eigenvalue weighted by Gasteiger charge is 2.35. The summed E-state index contributed by atoms with van der Waals surface area (Å²) in [5.74, 6) is -3.22. The van der Waals surface area contributed by atoms with Crippen LogP contribution < -0.4 is 10.6 Å². The van der Waals surface area contributed by atoms with Crippen LogP contribution >= 0.6 is 0 Å². The quantitative estimate of drug-likeness (QED) is 0.264. The van der Waals surface area contributed by atoms with E-state index in [1.54, 1.807) is 0 Å². The number of aryl methyl sites for hydroxylation is 1. The maximum Gasteiger partial charge on any atom is 0.419 e. The van der Waals surface area contributed by atoms with Gasteiger partial charge in [0.2, 0.25) is 0 Å². The molecule has 0 saturated heterocycles. The number of carbonyl (C=O) groups excluding carboxylic acids is 2. The Morgan fingerprint density at radius 2 is 1.47 bits per heavy atom. The van der Waals surface area contributed by atoms with Crippen molar-refractivity contribution >= 4 is 11.8 Å². The molecule has 0 aliphatic carbocycles. The maximum atomic E-state index is 14.0. The number of urea groups is 1. The van der Waals surface area contributed by atoms with Crippen molar-refractivity contribution in [2.75, 3.05) is 6.54 Å². The summed E-state index contributed by atoms with van der Waals surface area (Å²) in [6.07, 6.45) is -9.89. The van der Waals surface area contributed by atoms with Gasteiger partial charge in [0.1, 0.15) is 18.2 Å². The molecule has 0 bridgehead atoms. The first-order valence-electron chi connectivity index (χ1n) is 10.9. The third-order valence-electron chi connectivity index (χ3n) is 4.95. The Morgan fingerprint density at radius 1 is 0.842 bits per heavy atom. The third kappa shape index (κ3) is 9.49. The molecule has 2 N–H and O–H groups in total. The summed E-state index contributed by atoms with van der Waals surface area (Å²) >= 11 is 0. The van der Waals surface area contributed by atoms with Crippen molar-refractivity contribution in [3.05, 3.63) is 106 Å². The van der Waals surface area contributed by atoms with Crippen molar-refractivity contribution in [1.82, 2.24) is 10.6 Å². The normalized spacial score (nSPS) is 12.2. The number of alkyl halides is 6. The van der Waals surface area contributed by atoms with Crippen LogP contribution in [0.4, 0.5) is 39.9 Å². The standard InChI is InChI=1S/C19H14F8N2O2.C7H8/c1-9(30)11-4-12(6-13(20)5-11)16(29-17(31)28-8-18(22,23)24)10-2-3-15(21)14(7-10)19(25,26)27;1-7-5-3-2-4-6-7/h2-7,16H,8H2,1H3,(H2,28,29,31);2-6H,1H3/t16-;/m1./s1. The van der Waals surface area contributed by atoms with Gasteiger partial charge in [-0.25, -0.2) is 13.6 Å². The third-order valence-corrected chi connectivity index (χ3v) is 4.95. The lowest BCUT2D eigenvalue weighted by atomic mass is 9.94. The molecular weight excluding hydrogens is 524 g/mol. The molecule has 3 rings (SSSR count). The number of halogens is 8. The molecule has 0 spiro atoms. The summed E-state index contributed by atoms with van der Waals surface area (Å²) in [4.78, 5) is 23.5. The van der Waals surface area contributed by atoms with Crippen molar-refractivity contribution in [3.63, 3.8) is 0 Å². The second kappa shape index (κ2) is 12.5. The van der Waals surface area contributed by atoms with Crippen LogP contribution in [0.1, 0.15) is 45.6 Å². The average Bonchev–Trinajstić information content (AvgIpc) is 2.81. The van der Waals surface area contributed by atoms with Crippen molar-refractivity contribution in [2.24, 2.45) is 0 Å².